The van der Waals surface area contributed by atoms with Gasteiger partial charge in [0, 0.05) is 11.1 Å². The van der Waals surface area contributed by atoms with E-state index in [0.29, 0.717) is 6.79 Å². The van der Waals surface area contributed by atoms with E-state index < -0.39 is 0 Å². The summed E-state index contributed by atoms with van der Waals surface area (Å²) in [6.07, 6.45) is 0. The molecule has 0 spiro atoms. The van der Waals surface area contributed by atoms with Gasteiger partial charge in [-0.15, -0.1) is 0 Å². The largest absolute Gasteiger partial charge is 0.454 e. The van der Waals surface area contributed by atoms with Gasteiger partial charge in [0.25, 0.3) is 0 Å². The van der Waals surface area contributed by atoms with Crippen LogP contribution < -0.4 is 14.8 Å². The molecule has 20 heavy (non-hydrogen) atoms. The second-order valence-corrected chi connectivity index (χ2v) is 5.31. The zero-order chi connectivity index (χ0) is 13.9. The van der Waals surface area contributed by atoms with Gasteiger partial charge in [0.1, 0.15) is 13.1 Å². The number of rotatable bonds is 4. The van der Waals surface area contributed by atoms with Crippen molar-refractivity contribution in [2.45, 2.75) is 26.9 Å². The van der Waals surface area contributed by atoms with Crippen LogP contribution in [0.2, 0.25) is 0 Å². The number of fused-ring (bicyclic) bond motifs is 1. The summed E-state index contributed by atoms with van der Waals surface area (Å²) in [6, 6.07) is 12.8. The van der Waals surface area contributed by atoms with Crippen LogP contribution in [0.15, 0.2) is 36.4 Å². The Kier molecular flexibility index (Phi) is 3.61. The Hall–Kier alpha value is -2.00. The summed E-state index contributed by atoms with van der Waals surface area (Å²) in [5, 5.41) is 2.31. The Morgan fingerprint density at radius 1 is 0.950 bits per heavy atom. The molecule has 0 aromatic heterocycles. The molecular weight excluding hydrogens is 250 g/mol. The zero-order valence-electron chi connectivity index (χ0n) is 12.0. The van der Waals surface area contributed by atoms with Crippen molar-refractivity contribution in [1.29, 1.82) is 0 Å². The molecule has 1 heterocycles. The van der Waals surface area contributed by atoms with Crippen LogP contribution in [0.3, 0.4) is 0 Å². The first-order chi connectivity index (χ1) is 9.72. The molecular formula is C17H20NO2+. The third-order valence-corrected chi connectivity index (χ3v) is 3.68. The maximum absolute atomic E-state index is 5.40. The molecule has 0 amide bonds. The maximum atomic E-state index is 5.40. The number of ether oxygens (including phenoxy) is 2. The minimum Gasteiger partial charge on any atom is -0.454 e. The fraction of sp³-hybridized carbons (Fsp3) is 0.294. The molecule has 0 saturated heterocycles. The summed E-state index contributed by atoms with van der Waals surface area (Å²) in [6.45, 7) is 6.60. The Bertz CT molecular complexity index is 622. The molecule has 3 nitrogen and oxygen atoms in total. The van der Waals surface area contributed by atoms with E-state index in [1.165, 1.54) is 22.3 Å². The first kappa shape index (κ1) is 13.0. The maximum Gasteiger partial charge on any atom is 0.231 e. The molecule has 0 atom stereocenters. The number of nitrogens with two attached hydrogens (primary N) is 1. The highest BCUT2D eigenvalue weighted by atomic mass is 16.7. The van der Waals surface area contributed by atoms with Crippen molar-refractivity contribution < 1.29 is 14.8 Å². The first-order valence-electron chi connectivity index (χ1n) is 6.99. The lowest BCUT2D eigenvalue weighted by molar-refractivity contribution is -0.686. The number of hydrogen-bond acceptors (Lipinski definition) is 2. The van der Waals surface area contributed by atoms with Crippen molar-refractivity contribution in [3.63, 3.8) is 0 Å². The lowest BCUT2D eigenvalue weighted by Crippen LogP contribution is -2.80. The average molecular weight is 270 g/mol. The van der Waals surface area contributed by atoms with Crippen LogP contribution in [0.5, 0.6) is 11.5 Å². The number of aryl methyl sites for hydroxylation is 2. The van der Waals surface area contributed by atoms with Crippen LogP contribution in [0, 0.1) is 13.8 Å². The van der Waals surface area contributed by atoms with Crippen LogP contribution in [-0.4, -0.2) is 6.79 Å². The number of benzene rings is 2. The van der Waals surface area contributed by atoms with E-state index in [0.717, 1.165) is 24.6 Å². The van der Waals surface area contributed by atoms with E-state index in [1.807, 2.05) is 6.07 Å². The van der Waals surface area contributed by atoms with Crippen molar-refractivity contribution in [3.8, 4) is 11.5 Å². The fourth-order valence-electron chi connectivity index (χ4n) is 2.54. The molecule has 104 valence electrons. The molecule has 0 unspecified atom stereocenters. The second kappa shape index (κ2) is 5.55. The van der Waals surface area contributed by atoms with Crippen LogP contribution in [0.25, 0.3) is 0 Å². The minimum atomic E-state index is 0.338. The molecule has 2 aromatic rings. The summed E-state index contributed by atoms with van der Waals surface area (Å²) < 4.78 is 10.7. The molecule has 0 aliphatic carbocycles. The van der Waals surface area contributed by atoms with Gasteiger partial charge in [-0.2, -0.15) is 0 Å². The van der Waals surface area contributed by atoms with Gasteiger partial charge in [-0.3, -0.25) is 0 Å². The highest BCUT2D eigenvalue weighted by Gasteiger charge is 2.13. The highest BCUT2D eigenvalue weighted by Crippen LogP contribution is 2.32. The number of hydrogen-bond donors (Lipinski definition) is 1. The van der Waals surface area contributed by atoms with Crippen LogP contribution in [-0.2, 0) is 13.1 Å². The Balaban J connectivity index is 1.60. The van der Waals surface area contributed by atoms with E-state index in [1.54, 1.807) is 0 Å². The van der Waals surface area contributed by atoms with E-state index in [-0.39, 0.29) is 0 Å². The molecule has 0 bridgehead atoms. The quantitative estimate of drug-likeness (QED) is 0.925. The van der Waals surface area contributed by atoms with Gasteiger partial charge in [0.15, 0.2) is 11.5 Å². The van der Waals surface area contributed by atoms with Gasteiger partial charge >= 0.3 is 0 Å². The molecule has 2 aromatic carbocycles. The van der Waals surface area contributed by atoms with E-state index in [2.05, 4.69) is 49.5 Å². The number of quaternary nitrogens is 1. The van der Waals surface area contributed by atoms with E-state index >= 15 is 0 Å². The van der Waals surface area contributed by atoms with E-state index in [4.69, 9.17) is 9.47 Å². The topological polar surface area (TPSA) is 35.1 Å². The van der Waals surface area contributed by atoms with Crippen LogP contribution in [0.1, 0.15) is 22.3 Å². The predicted molar refractivity (Wildman–Crippen MR) is 77.8 cm³/mol. The summed E-state index contributed by atoms with van der Waals surface area (Å²) in [7, 11) is 0. The van der Waals surface area contributed by atoms with Crippen molar-refractivity contribution >= 4 is 0 Å². The third-order valence-electron chi connectivity index (χ3n) is 3.68. The Morgan fingerprint density at radius 3 is 2.65 bits per heavy atom. The first-order valence-corrected chi connectivity index (χ1v) is 6.99. The monoisotopic (exact) mass is 270 g/mol. The zero-order valence-corrected chi connectivity index (χ0v) is 12.0. The Labute approximate surface area is 119 Å². The Morgan fingerprint density at radius 2 is 1.80 bits per heavy atom. The van der Waals surface area contributed by atoms with Gasteiger partial charge < -0.3 is 14.8 Å². The normalized spacial score (nSPS) is 12.7. The summed E-state index contributed by atoms with van der Waals surface area (Å²) >= 11 is 0. The third kappa shape index (κ3) is 2.78. The van der Waals surface area contributed by atoms with Crippen molar-refractivity contribution in [2.24, 2.45) is 0 Å². The fourth-order valence-corrected chi connectivity index (χ4v) is 2.54. The van der Waals surface area contributed by atoms with Crippen molar-refractivity contribution in [2.75, 3.05) is 6.79 Å². The molecule has 0 fully saturated rings. The lowest BCUT2D eigenvalue weighted by atomic mass is 10.1. The van der Waals surface area contributed by atoms with Gasteiger partial charge in [-0.25, -0.2) is 0 Å². The second-order valence-electron chi connectivity index (χ2n) is 5.31. The molecule has 0 saturated carbocycles. The van der Waals surface area contributed by atoms with Gasteiger partial charge in [0.2, 0.25) is 6.79 Å². The predicted octanol–water partition coefficient (Wildman–Crippen LogP) is 2.30. The van der Waals surface area contributed by atoms with Crippen molar-refractivity contribution in [1.82, 2.24) is 0 Å². The summed E-state index contributed by atoms with van der Waals surface area (Å²) in [4.78, 5) is 0. The smallest absolute Gasteiger partial charge is 0.231 e. The van der Waals surface area contributed by atoms with Gasteiger partial charge in [0.05, 0.1) is 0 Å². The molecule has 1 aliphatic heterocycles. The van der Waals surface area contributed by atoms with Crippen LogP contribution in [0.4, 0.5) is 0 Å². The molecule has 0 radical (unpaired) electrons. The molecule has 1 aliphatic rings. The van der Waals surface area contributed by atoms with Crippen molar-refractivity contribution in [3.05, 3.63) is 58.7 Å². The molecule has 3 heteroatoms. The van der Waals surface area contributed by atoms with Gasteiger partial charge in [-0.05, 0) is 37.6 Å². The highest BCUT2D eigenvalue weighted by molar-refractivity contribution is 5.44. The minimum absolute atomic E-state index is 0.338. The van der Waals surface area contributed by atoms with E-state index in [9.17, 15) is 0 Å². The van der Waals surface area contributed by atoms with Gasteiger partial charge in [-0.1, -0.05) is 23.8 Å². The van der Waals surface area contributed by atoms with Crippen LogP contribution >= 0.6 is 0 Å². The summed E-state index contributed by atoms with van der Waals surface area (Å²) in [5.74, 6) is 1.71. The standard InChI is InChI=1S/C17H19NO2/c1-12-3-5-15(13(2)7-12)10-18-9-14-4-6-16-17(8-14)20-11-19-16/h3-8,18H,9-11H2,1-2H3/p+1. The molecule has 3 rings (SSSR count). The average Bonchev–Trinajstić information content (AvgIpc) is 2.89. The SMILES string of the molecule is Cc1ccc(C[NH2+]Cc2ccc3c(c2)OCO3)c(C)c1. The summed E-state index contributed by atoms with van der Waals surface area (Å²) in [5.41, 5.74) is 5.35. The lowest BCUT2D eigenvalue weighted by Gasteiger charge is -2.07. The molecule has 2 N–H and O–H groups in total.